The average molecular weight is 449 g/mol. The molecule has 172 valence electrons. The van der Waals surface area contributed by atoms with Crippen molar-refractivity contribution in [3.63, 3.8) is 0 Å². The van der Waals surface area contributed by atoms with Crippen LogP contribution in [0.3, 0.4) is 0 Å². The van der Waals surface area contributed by atoms with Crippen molar-refractivity contribution in [3.8, 4) is 11.5 Å². The second-order valence-corrected chi connectivity index (χ2v) is 8.31. The zero-order chi connectivity index (χ0) is 23.5. The van der Waals surface area contributed by atoms with Crippen LogP contribution in [-0.4, -0.2) is 43.5 Å². The van der Waals surface area contributed by atoms with E-state index in [1.807, 2.05) is 30.3 Å². The van der Waals surface area contributed by atoms with E-state index in [0.29, 0.717) is 17.4 Å². The number of nitrogens with one attached hydrogen (secondary N) is 1. The molecule has 0 radical (unpaired) electrons. The molecule has 8 nitrogen and oxygen atoms in total. The van der Waals surface area contributed by atoms with Crippen LogP contribution in [-0.2, 0) is 9.59 Å². The largest absolute Gasteiger partial charge is 0.493 e. The molecule has 0 bridgehead atoms. The number of hydrogen-bond acceptors (Lipinski definition) is 6. The first kappa shape index (κ1) is 22.5. The molecule has 1 aliphatic carbocycles. The molecule has 8 heteroatoms. The third kappa shape index (κ3) is 4.46. The molecule has 1 fully saturated rings. The van der Waals surface area contributed by atoms with Crippen LogP contribution < -0.4 is 20.6 Å². The van der Waals surface area contributed by atoms with Crippen LogP contribution in [0.2, 0.25) is 0 Å². The molecule has 3 N–H and O–H groups in total. The number of fused-ring (bicyclic) bond motifs is 3. The van der Waals surface area contributed by atoms with Crippen molar-refractivity contribution in [2.24, 2.45) is 15.8 Å². The molecule has 2 aromatic carbocycles. The number of aliphatic imine (C=N–C) groups is 1. The van der Waals surface area contributed by atoms with E-state index in [9.17, 15) is 9.59 Å². The van der Waals surface area contributed by atoms with E-state index >= 15 is 0 Å². The van der Waals surface area contributed by atoms with Crippen molar-refractivity contribution in [1.29, 1.82) is 0 Å². The number of carbonyl (C=O) groups is 2. The Morgan fingerprint density at radius 1 is 1.09 bits per heavy atom. The summed E-state index contributed by atoms with van der Waals surface area (Å²) in [6.45, 7) is 1.75. The van der Waals surface area contributed by atoms with Gasteiger partial charge >= 0.3 is 11.8 Å². The monoisotopic (exact) mass is 448 g/mol. The summed E-state index contributed by atoms with van der Waals surface area (Å²) in [6, 6.07) is 12.2. The third-order valence-corrected chi connectivity index (χ3v) is 6.34. The molecule has 1 saturated carbocycles. The van der Waals surface area contributed by atoms with Gasteiger partial charge in [0.25, 0.3) is 0 Å². The zero-order valence-corrected chi connectivity index (χ0v) is 19.1. The first-order valence-corrected chi connectivity index (χ1v) is 11.0. The Hall–Kier alpha value is -3.68. The number of ether oxygens (including phenoxy) is 2. The lowest BCUT2D eigenvalue weighted by Crippen LogP contribution is -2.33. The van der Waals surface area contributed by atoms with Crippen LogP contribution in [0.15, 0.2) is 46.5 Å². The molecular formula is C25H28N4O4. The molecule has 2 aromatic rings. The topological polar surface area (TPSA) is 115 Å². The Morgan fingerprint density at radius 3 is 2.55 bits per heavy atom. The molecule has 0 unspecified atom stereocenters. The number of amides is 2. The van der Waals surface area contributed by atoms with Gasteiger partial charge in [-0.1, -0.05) is 31.0 Å². The molecule has 1 aliphatic heterocycles. The highest BCUT2D eigenvalue weighted by molar-refractivity contribution is 6.34. The van der Waals surface area contributed by atoms with Crippen LogP contribution in [0.4, 0.5) is 0 Å². The van der Waals surface area contributed by atoms with Crippen molar-refractivity contribution >= 4 is 23.2 Å². The summed E-state index contributed by atoms with van der Waals surface area (Å²) in [5, 5.41) is 4.00. The van der Waals surface area contributed by atoms with Crippen molar-refractivity contribution in [2.75, 3.05) is 14.2 Å². The maximum absolute atomic E-state index is 11.4. The van der Waals surface area contributed by atoms with Crippen LogP contribution in [0.1, 0.15) is 60.8 Å². The van der Waals surface area contributed by atoms with Crippen LogP contribution >= 0.6 is 0 Å². The Morgan fingerprint density at radius 2 is 1.82 bits per heavy atom. The van der Waals surface area contributed by atoms with Gasteiger partial charge in [-0.2, -0.15) is 5.10 Å². The molecule has 0 saturated heterocycles. The van der Waals surface area contributed by atoms with Gasteiger partial charge in [0.05, 0.1) is 31.7 Å². The molecule has 1 heterocycles. The fourth-order valence-corrected chi connectivity index (χ4v) is 4.65. The maximum atomic E-state index is 11.4. The molecule has 2 aliphatic rings. The number of primary amides is 1. The summed E-state index contributed by atoms with van der Waals surface area (Å²) < 4.78 is 11.2. The van der Waals surface area contributed by atoms with E-state index in [1.54, 1.807) is 21.1 Å². The van der Waals surface area contributed by atoms with Gasteiger partial charge in [0.1, 0.15) is 0 Å². The zero-order valence-electron chi connectivity index (χ0n) is 19.1. The number of methoxy groups -OCH3 is 2. The summed E-state index contributed by atoms with van der Waals surface area (Å²) in [4.78, 5) is 27.6. The Bertz CT molecular complexity index is 1160. The fourth-order valence-electron chi connectivity index (χ4n) is 4.65. The van der Waals surface area contributed by atoms with Crippen molar-refractivity contribution in [3.05, 3.63) is 58.7 Å². The minimum Gasteiger partial charge on any atom is -0.493 e. The van der Waals surface area contributed by atoms with E-state index in [4.69, 9.17) is 20.2 Å². The van der Waals surface area contributed by atoms with Gasteiger partial charge in [-0.05, 0) is 49.1 Å². The second-order valence-electron chi connectivity index (χ2n) is 8.31. The van der Waals surface area contributed by atoms with Gasteiger partial charge in [0.2, 0.25) is 0 Å². The van der Waals surface area contributed by atoms with Gasteiger partial charge in [-0.3, -0.25) is 14.6 Å². The van der Waals surface area contributed by atoms with Gasteiger partial charge in [0, 0.05) is 17.0 Å². The quantitative estimate of drug-likeness (QED) is 0.416. The van der Waals surface area contributed by atoms with Crippen LogP contribution in [0.25, 0.3) is 0 Å². The lowest BCUT2D eigenvalue weighted by molar-refractivity contribution is -0.137. The summed E-state index contributed by atoms with van der Waals surface area (Å²) in [6.07, 6.45) is 4.53. The predicted molar refractivity (Wildman–Crippen MR) is 126 cm³/mol. The van der Waals surface area contributed by atoms with Gasteiger partial charge < -0.3 is 15.2 Å². The molecule has 0 spiro atoms. The summed E-state index contributed by atoms with van der Waals surface area (Å²) in [5.74, 6) is -0.279. The lowest BCUT2D eigenvalue weighted by atomic mass is 9.75. The van der Waals surface area contributed by atoms with E-state index in [0.717, 1.165) is 41.0 Å². The van der Waals surface area contributed by atoms with Gasteiger partial charge in [-0.25, -0.2) is 5.43 Å². The number of carbonyl (C=O) groups excluding carboxylic acids is 2. The fraction of sp³-hybridized carbons (Fsp3) is 0.360. The second kappa shape index (κ2) is 9.44. The summed E-state index contributed by atoms with van der Waals surface area (Å²) in [7, 11) is 3.29. The van der Waals surface area contributed by atoms with Gasteiger partial charge in [-0.15, -0.1) is 0 Å². The highest BCUT2D eigenvalue weighted by Gasteiger charge is 2.34. The minimum absolute atomic E-state index is 0.229. The minimum atomic E-state index is -1.08. The third-order valence-electron chi connectivity index (χ3n) is 6.34. The summed E-state index contributed by atoms with van der Waals surface area (Å²) >= 11 is 0. The lowest BCUT2D eigenvalue weighted by Gasteiger charge is -2.35. The van der Waals surface area contributed by atoms with Crippen LogP contribution in [0, 0.1) is 0 Å². The van der Waals surface area contributed by atoms with E-state index in [1.165, 1.54) is 18.4 Å². The Balaban J connectivity index is 1.77. The molecule has 2 amide bonds. The Labute approximate surface area is 192 Å². The highest BCUT2D eigenvalue weighted by atomic mass is 16.5. The van der Waals surface area contributed by atoms with Crippen LogP contribution in [0.5, 0.6) is 11.5 Å². The SMILES string of the molecule is COc1cc2c(cc1OC)[C@H]1CCCC[C@H]1N=C2c1cccc(/C(C)=N\NC(=O)C(N)=O)c1. The normalized spacial score (nSPS) is 19.6. The van der Waals surface area contributed by atoms with Crippen molar-refractivity contribution in [2.45, 2.75) is 44.6 Å². The molecular weight excluding hydrogens is 420 g/mol. The number of rotatable bonds is 5. The molecule has 4 rings (SSSR count). The standard InChI is InChI=1S/C25H28N4O4/c1-14(28-29-25(31)24(26)30)15-7-6-8-16(11-15)23-19-13-22(33-3)21(32-2)12-18(19)17-9-4-5-10-20(17)27-23/h6-8,11-13,17,20H,4-5,9-10H2,1-3H3,(H2,26,30)(H,29,31)/b28-14-/t17-,20-/m1/s1. The highest BCUT2D eigenvalue weighted by Crippen LogP contribution is 2.44. The average Bonchev–Trinajstić information content (AvgIpc) is 2.85. The van der Waals surface area contributed by atoms with Crippen molar-refractivity contribution in [1.82, 2.24) is 5.43 Å². The summed E-state index contributed by atoms with van der Waals surface area (Å²) in [5.41, 5.74) is 12.6. The maximum Gasteiger partial charge on any atom is 0.329 e. The van der Waals surface area contributed by atoms with Gasteiger partial charge in [0.15, 0.2) is 11.5 Å². The smallest absolute Gasteiger partial charge is 0.329 e. The van der Waals surface area contributed by atoms with E-state index in [-0.39, 0.29) is 6.04 Å². The first-order chi connectivity index (χ1) is 15.9. The molecule has 2 atom stereocenters. The predicted octanol–water partition coefficient (Wildman–Crippen LogP) is 2.91. The first-order valence-electron chi connectivity index (χ1n) is 11.0. The molecule has 0 aromatic heterocycles. The van der Waals surface area contributed by atoms with Crippen molar-refractivity contribution < 1.29 is 19.1 Å². The number of nitrogens with zero attached hydrogens (tertiary/aromatic N) is 2. The number of hydrogen-bond donors (Lipinski definition) is 2. The van der Waals surface area contributed by atoms with E-state index < -0.39 is 11.8 Å². The Kier molecular flexibility index (Phi) is 6.44. The number of nitrogens with two attached hydrogens (primary N) is 1. The van der Waals surface area contributed by atoms with E-state index in [2.05, 4.69) is 16.6 Å². The number of hydrazone groups is 1. The number of benzene rings is 2. The molecule has 33 heavy (non-hydrogen) atoms.